The van der Waals surface area contributed by atoms with Gasteiger partial charge in [0.05, 0.1) is 22.3 Å². The highest BCUT2D eigenvalue weighted by Crippen LogP contribution is 2.31. The fourth-order valence-electron chi connectivity index (χ4n) is 3.60. The number of hydrogen-bond acceptors (Lipinski definition) is 4. The number of hydrogen-bond donors (Lipinski definition) is 2. The monoisotopic (exact) mass is 406 g/mol. The summed E-state index contributed by atoms with van der Waals surface area (Å²) in [5, 5.41) is 7.75. The van der Waals surface area contributed by atoms with E-state index in [9.17, 15) is 0 Å². The van der Waals surface area contributed by atoms with Crippen molar-refractivity contribution in [3.63, 3.8) is 0 Å². The smallest absolute Gasteiger partial charge is 0.109 e. The lowest BCUT2D eigenvalue weighted by Gasteiger charge is -2.20. The molecule has 28 heavy (non-hydrogen) atoms. The molecule has 0 radical (unpaired) electrons. The van der Waals surface area contributed by atoms with Crippen LogP contribution in [0.15, 0.2) is 73.1 Å². The lowest BCUT2D eigenvalue weighted by molar-refractivity contribution is 0.188. The van der Waals surface area contributed by atoms with E-state index in [4.69, 9.17) is 23.2 Å². The Morgan fingerprint density at radius 1 is 0.893 bits per heavy atom. The molecule has 6 heteroatoms. The summed E-state index contributed by atoms with van der Waals surface area (Å²) in [4.78, 5) is 4.35. The fraction of sp³-hybridized carbons (Fsp3) is 0.0455. The molecule has 138 valence electrons. The maximum absolute atomic E-state index is 6.32. The van der Waals surface area contributed by atoms with Crippen molar-refractivity contribution in [2.75, 3.05) is 0 Å². The number of hydrazine groups is 2. The fourth-order valence-corrected chi connectivity index (χ4v) is 3.96. The second-order valence-corrected chi connectivity index (χ2v) is 7.42. The first-order valence-corrected chi connectivity index (χ1v) is 9.66. The van der Waals surface area contributed by atoms with Crippen LogP contribution in [0.3, 0.4) is 0 Å². The normalized spacial score (nSPS) is 14.1. The van der Waals surface area contributed by atoms with Crippen LogP contribution in [0.4, 0.5) is 0 Å². The number of pyridine rings is 1. The van der Waals surface area contributed by atoms with E-state index in [0.29, 0.717) is 22.3 Å². The van der Waals surface area contributed by atoms with Crippen LogP contribution in [-0.4, -0.2) is 10.1 Å². The molecule has 4 nitrogen and oxygen atoms in total. The van der Waals surface area contributed by atoms with Gasteiger partial charge in [0, 0.05) is 12.4 Å². The first kappa shape index (κ1) is 17.3. The number of aromatic nitrogens is 1. The van der Waals surface area contributed by atoms with Crippen LogP contribution in [-0.2, 0) is 6.54 Å². The molecule has 1 aliphatic rings. The van der Waals surface area contributed by atoms with Crippen molar-refractivity contribution in [1.29, 1.82) is 0 Å². The summed E-state index contributed by atoms with van der Waals surface area (Å²) in [6.45, 7) is 0.653. The van der Waals surface area contributed by atoms with Gasteiger partial charge in [-0.15, -0.1) is 5.12 Å². The Kier molecular flexibility index (Phi) is 4.32. The second-order valence-electron chi connectivity index (χ2n) is 6.64. The molecule has 4 aromatic rings. The number of rotatable bonds is 3. The molecule has 0 spiro atoms. The second kappa shape index (κ2) is 6.99. The molecule has 2 heterocycles. The summed E-state index contributed by atoms with van der Waals surface area (Å²) in [6.07, 6.45) is 3.49. The highest BCUT2D eigenvalue weighted by molar-refractivity contribution is 6.42. The van der Waals surface area contributed by atoms with Gasteiger partial charge < -0.3 is 5.43 Å². The number of nitrogens with one attached hydrogen (secondary N) is 2. The van der Waals surface area contributed by atoms with E-state index < -0.39 is 0 Å². The van der Waals surface area contributed by atoms with E-state index in [-0.39, 0.29) is 0 Å². The van der Waals surface area contributed by atoms with Crippen molar-refractivity contribution in [2.45, 2.75) is 6.54 Å². The number of nitrogens with zero attached hydrogens (tertiary/aromatic N) is 2. The molecular weight excluding hydrogens is 391 g/mol. The van der Waals surface area contributed by atoms with Gasteiger partial charge >= 0.3 is 0 Å². The Balaban J connectivity index is 1.50. The third-order valence-electron chi connectivity index (χ3n) is 4.92. The van der Waals surface area contributed by atoms with Crippen molar-refractivity contribution in [3.8, 4) is 0 Å². The van der Waals surface area contributed by atoms with Crippen molar-refractivity contribution in [1.82, 2.24) is 21.0 Å². The van der Waals surface area contributed by atoms with Crippen molar-refractivity contribution in [3.05, 3.63) is 94.4 Å². The van der Waals surface area contributed by atoms with Gasteiger partial charge in [-0.1, -0.05) is 71.7 Å². The maximum atomic E-state index is 6.32. The third kappa shape index (κ3) is 2.96. The van der Waals surface area contributed by atoms with Crippen LogP contribution < -0.4 is 10.9 Å². The minimum Gasteiger partial charge on any atom is -0.306 e. The molecule has 0 amide bonds. The van der Waals surface area contributed by atoms with Crippen LogP contribution in [0.1, 0.15) is 11.3 Å². The van der Waals surface area contributed by atoms with Crippen LogP contribution in [0, 0.1) is 0 Å². The predicted octanol–water partition coefficient (Wildman–Crippen LogP) is 5.52. The summed E-state index contributed by atoms with van der Waals surface area (Å²) >= 11 is 12.4. The van der Waals surface area contributed by atoms with Gasteiger partial charge in [-0.2, -0.15) is 0 Å². The summed E-state index contributed by atoms with van der Waals surface area (Å²) in [5.74, 6) is 0. The summed E-state index contributed by atoms with van der Waals surface area (Å²) in [7, 11) is 0. The lowest BCUT2D eigenvalue weighted by atomic mass is 9.97. The minimum atomic E-state index is 0.433. The first-order valence-electron chi connectivity index (χ1n) is 8.91. The van der Waals surface area contributed by atoms with Crippen LogP contribution in [0.2, 0.25) is 10.0 Å². The Labute approximate surface area is 172 Å². The molecule has 0 atom stereocenters. The molecule has 0 aliphatic carbocycles. The van der Waals surface area contributed by atoms with Crippen molar-refractivity contribution >= 4 is 50.4 Å². The molecule has 3 aromatic carbocycles. The molecular formula is C22H16Cl2N4. The van der Waals surface area contributed by atoms with E-state index >= 15 is 0 Å². The van der Waals surface area contributed by atoms with E-state index in [1.165, 1.54) is 27.1 Å². The third-order valence-corrected chi connectivity index (χ3v) is 5.71. The number of halogens is 2. The molecule has 1 aliphatic heterocycles. The average molecular weight is 407 g/mol. The van der Waals surface area contributed by atoms with Crippen molar-refractivity contribution < 1.29 is 0 Å². The highest BCUT2D eigenvalue weighted by atomic mass is 35.5. The Morgan fingerprint density at radius 2 is 1.57 bits per heavy atom. The highest BCUT2D eigenvalue weighted by Gasteiger charge is 2.20. The molecule has 0 unspecified atom stereocenters. The summed E-state index contributed by atoms with van der Waals surface area (Å²) in [6, 6.07) is 20.8. The Hall–Kier alpha value is -2.79. The molecule has 5 rings (SSSR count). The molecule has 0 saturated carbocycles. The summed E-state index contributed by atoms with van der Waals surface area (Å²) < 4.78 is 0. The maximum Gasteiger partial charge on any atom is 0.109 e. The van der Waals surface area contributed by atoms with E-state index in [1.807, 2.05) is 11.3 Å². The standard InChI is InChI=1S/C22H16Cl2N4/c23-19-9-10-25-22(21(19)24)20-12-26-28(27-20)13-18-16-7-3-1-5-14(16)11-15-6-2-4-8-17(15)18/h1-12,26-27H,13H2. The Morgan fingerprint density at radius 3 is 2.29 bits per heavy atom. The zero-order valence-corrected chi connectivity index (χ0v) is 16.3. The molecule has 0 fully saturated rings. The Bertz CT molecular complexity index is 1180. The zero-order valence-electron chi connectivity index (χ0n) is 14.8. The largest absolute Gasteiger partial charge is 0.306 e. The quantitative estimate of drug-likeness (QED) is 0.439. The van der Waals surface area contributed by atoms with Crippen LogP contribution in [0.25, 0.3) is 27.2 Å². The van der Waals surface area contributed by atoms with E-state index in [0.717, 1.165) is 5.70 Å². The summed E-state index contributed by atoms with van der Waals surface area (Å²) in [5.41, 5.74) is 9.22. The molecule has 2 N–H and O–H groups in total. The van der Waals surface area contributed by atoms with E-state index in [2.05, 4.69) is 70.4 Å². The van der Waals surface area contributed by atoms with Gasteiger partial charge in [-0.3, -0.25) is 10.4 Å². The van der Waals surface area contributed by atoms with E-state index in [1.54, 1.807) is 12.3 Å². The molecule has 0 bridgehead atoms. The van der Waals surface area contributed by atoms with Gasteiger partial charge in [0.15, 0.2) is 0 Å². The van der Waals surface area contributed by atoms with Crippen LogP contribution in [0.5, 0.6) is 0 Å². The van der Waals surface area contributed by atoms with Crippen LogP contribution >= 0.6 is 23.2 Å². The number of benzene rings is 3. The topological polar surface area (TPSA) is 40.2 Å². The molecule has 0 saturated heterocycles. The lowest BCUT2D eigenvalue weighted by Crippen LogP contribution is -2.38. The number of fused-ring (bicyclic) bond motifs is 2. The SMILES string of the molecule is Clc1ccnc(C2=CNN(Cc3c4ccccc4cc4ccccc34)N2)c1Cl. The average Bonchev–Trinajstić information content (AvgIpc) is 3.18. The minimum absolute atomic E-state index is 0.433. The zero-order chi connectivity index (χ0) is 19.1. The van der Waals surface area contributed by atoms with Crippen molar-refractivity contribution in [2.24, 2.45) is 0 Å². The first-order chi connectivity index (χ1) is 13.7. The van der Waals surface area contributed by atoms with Gasteiger partial charge in [0.1, 0.15) is 5.69 Å². The predicted molar refractivity (Wildman–Crippen MR) is 116 cm³/mol. The van der Waals surface area contributed by atoms with Gasteiger partial charge in [-0.05, 0) is 39.2 Å². The van der Waals surface area contributed by atoms with Gasteiger partial charge in [-0.25, -0.2) is 0 Å². The van der Waals surface area contributed by atoms with Gasteiger partial charge in [0.25, 0.3) is 0 Å². The molecule has 1 aromatic heterocycles. The van der Waals surface area contributed by atoms with Gasteiger partial charge in [0.2, 0.25) is 0 Å².